The van der Waals surface area contributed by atoms with Gasteiger partial charge in [0.05, 0.1) is 12.8 Å². The maximum absolute atomic E-state index is 12.0. The van der Waals surface area contributed by atoms with Crippen LogP contribution in [0.3, 0.4) is 0 Å². The molecule has 5 heteroatoms. The van der Waals surface area contributed by atoms with Gasteiger partial charge in [0, 0.05) is 11.1 Å². The molecule has 0 saturated heterocycles. The Bertz CT molecular complexity index is 706. The first-order valence-electron chi connectivity index (χ1n) is 6.80. The number of benzene rings is 2. The summed E-state index contributed by atoms with van der Waals surface area (Å²) in [7, 11) is 1.48. The van der Waals surface area contributed by atoms with Crippen LogP contribution in [0.15, 0.2) is 47.6 Å². The summed E-state index contributed by atoms with van der Waals surface area (Å²) in [4.78, 5) is 12.0. The maximum Gasteiger partial charge on any atom is 0.271 e. The van der Waals surface area contributed by atoms with Crippen LogP contribution in [0.5, 0.6) is 11.5 Å². The van der Waals surface area contributed by atoms with Crippen molar-refractivity contribution in [1.82, 2.24) is 5.43 Å². The van der Waals surface area contributed by atoms with E-state index in [1.807, 2.05) is 19.1 Å². The van der Waals surface area contributed by atoms with Crippen LogP contribution in [0.25, 0.3) is 0 Å². The van der Waals surface area contributed by atoms with Crippen molar-refractivity contribution in [3.63, 3.8) is 0 Å². The van der Waals surface area contributed by atoms with E-state index < -0.39 is 0 Å². The van der Waals surface area contributed by atoms with Crippen molar-refractivity contribution in [3.8, 4) is 11.5 Å². The van der Waals surface area contributed by atoms with E-state index in [0.29, 0.717) is 22.6 Å². The van der Waals surface area contributed by atoms with Gasteiger partial charge in [-0.1, -0.05) is 23.8 Å². The molecule has 114 valence electrons. The maximum atomic E-state index is 12.0. The number of methoxy groups -OCH3 is 1. The molecule has 22 heavy (non-hydrogen) atoms. The van der Waals surface area contributed by atoms with Crippen LogP contribution in [0.4, 0.5) is 0 Å². The van der Waals surface area contributed by atoms with Gasteiger partial charge in [0.15, 0.2) is 11.5 Å². The first-order chi connectivity index (χ1) is 10.5. The van der Waals surface area contributed by atoms with Crippen LogP contribution in [0, 0.1) is 6.92 Å². The van der Waals surface area contributed by atoms with Crippen LogP contribution in [0.2, 0.25) is 0 Å². The van der Waals surface area contributed by atoms with Crippen LogP contribution in [-0.2, 0) is 0 Å². The zero-order chi connectivity index (χ0) is 16.1. The van der Waals surface area contributed by atoms with Crippen LogP contribution in [0.1, 0.15) is 28.4 Å². The van der Waals surface area contributed by atoms with E-state index in [4.69, 9.17) is 4.74 Å². The molecule has 0 heterocycles. The van der Waals surface area contributed by atoms with Crippen molar-refractivity contribution in [1.29, 1.82) is 0 Å². The molecule has 1 amide bonds. The van der Waals surface area contributed by atoms with Crippen LogP contribution in [-0.4, -0.2) is 23.8 Å². The molecule has 0 spiro atoms. The van der Waals surface area contributed by atoms with Crippen LogP contribution < -0.4 is 10.2 Å². The van der Waals surface area contributed by atoms with E-state index in [9.17, 15) is 9.90 Å². The molecule has 0 bridgehead atoms. The number of hydrogen-bond acceptors (Lipinski definition) is 4. The van der Waals surface area contributed by atoms with Crippen molar-refractivity contribution in [3.05, 3.63) is 59.2 Å². The number of para-hydroxylation sites is 1. The predicted octanol–water partition coefficient (Wildman–Crippen LogP) is 2.86. The number of amides is 1. The molecule has 2 aromatic carbocycles. The topological polar surface area (TPSA) is 70.9 Å². The molecule has 0 unspecified atom stereocenters. The quantitative estimate of drug-likeness (QED) is 0.673. The van der Waals surface area contributed by atoms with E-state index in [2.05, 4.69) is 10.5 Å². The van der Waals surface area contributed by atoms with Crippen molar-refractivity contribution in [2.24, 2.45) is 5.10 Å². The van der Waals surface area contributed by atoms with Gasteiger partial charge in [-0.05, 0) is 38.1 Å². The van der Waals surface area contributed by atoms with E-state index in [1.54, 1.807) is 37.3 Å². The summed E-state index contributed by atoms with van der Waals surface area (Å²) >= 11 is 0. The lowest BCUT2D eigenvalue weighted by atomic mass is 10.1. The molecule has 2 N–H and O–H groups in total. The molecule has 0 aromatic heterocycles. The van der Waals surface area contributed by atoms with Gasteiger partial charge in [-0.3, -0.25) is 4.79 Å². The monoisotopic (exact) mass is 298 g/mol. The zero-order valence-corrected chi connectivity index (χ0v) is 12.8. The minimum atomic E-state index is -0.304. The summed E-state index contributed by atoms with van der Waals surface area (Å²) < 4.78 is 5.05. The van der Waals surface area contributed by atoms with Crippen LogP contribution >= 0.6 is 0 Å². The van der Waals surface area contributed by atoms with Gasteiger partial charge in [0.25, 0.3) is 5.91 Å². The molecular formula is C17H18N2O3. The normalized spacial score (nSPS) is 11.1. The Morgan fingerprint density at radius 3 is 2.50 bits per heavy atom. The predicted molar refractivity (Wildman–Crippen MR) is 85.5 cm³/mol. The van der Waals surface area contributed by atoms with Crippen molar-refractivity contribution in [2.75, 3.05) is 7.11 Å². The smallest absolute Gasteiger partial charge is 0.271 e. The van der Waals surface area contributed by atoms with Crippen molar-refractivity contribution < 1.29 is 14.6 Å². The highest BCUT2D eigenvalue weighted by molar-refractivity contribution is 6.03. The average Bonchev–Trinajstić information content (AvgIpc) is 2.53. The molecule has 0 aliphatic heterocycles. The highest BCUT2D eigenvalue weighted by atomic mass is 16.5. The molecule has 0 fully saturated rings. The number of hydrogen-bond donors (Lipinski definition) is 2. The van der Waals surface area contributed by atoms with E-state index in [0.717, 1.165) is 5.56 Å². The number of nitrogens with one attached hydrogen (secondary N) is 1. The largest absolute Gasteiger partial charge is 0.504 e. The molecule has 0 atom stereocenters. The Morgan fingerprint density at radius 2 is 1.86 bits per heavy atom. The van der Waals surface area contributed by atoms with Gasteiger partial charge in [0.1, 0.15) is 0 Å². The number of carbonyl (C=O) groups is 1. The third-order valence-electron chi connectivity index (χ3n) is 3.25. The van der Waals surface area contributed by atoms with Gasteiger partial charge in [0.2, 0.25) is 0 Å². The van der Waals surface area contributed by atoms with Gasteiger partial charge >= 0.3 is 0 Å². The Morgan fingerprint density at radius 1 is 1.18 bits per heavy atom. The lowest BCUT2D eigenvalue weighted by Gasteiger charge is -2.08. The fraction of sp³-hybridized carbons (Fsp3) is 0.176. The first kappa shape index (κ1) is 15.6. The fourth-order valence-electron chi connectivity index (χ4n) is 1.94. The second kappa shape index (κ2) is 6.76. The van der Waals surface area contributed by atoms with Gasteiger partial charge in [-0.15, -0.1) is 0 Å². The molecule has 0 aliphatic rings. The highest BCUT2D eigenvalue weighted by Crippen LogP contribution is 2.29. The number of phenols is 1. The average molecular weight is 298 g/mol. The number of aromatic hydroxyl groups is 1. The lowest BCUT2D eigenvalue weighted by Crippen LogP contribution is -2.19. The number of hydrazone groups is 1. The molecule has 0 aliphatic carbocycles. The minimum Gasteiger partial charge on any atom is -0.504 e. The number of carbonyl (C=O) groups excluding carboxylic acids is 1. The highest BCUT2D eigenvalue weighted by Gasteiger charge is 2.10. The first-order valence-corrected chi connectivity index (χ1v) is 6.80. The summed E-state index contributed by atoms with van der Waals surface area (Å²) in [5.74, 6) is 0.0504. The zero-order valence-electron chi connectivity index (χ0n) is 12.8. The molecule has 0 radical (unpaired) electrons. The summed E-state index contributed by atoms with van der Waals surface area (Å²) in [5, 5.41) is 14.1. The Balaban J connectivity index is 2.16. The third-order valence-corrected chi connectivity index (χ3v) is 3.25. The summed E-state index contributed by atoms with van der Waals surface area (Å²) in [6, 6.07) is 12.3. The second-order valence-corrected chi connectivity index (χ2v) is 4.86. The second-order valence-electron chi connectivity index (χ2n) is 4.86. The van der Waals surface area contributed by atoms with E-state index >= 15 is 0 Å². The number of phenolic OH excluding ortho intramolecular Hbond substituents is 1. The lowest BCUT2D eigenvalue weighted by molar-refractivity contribution is 0.0955. The Hall–Kier alpha value is -2.82. The van der Waals surface area contributed by atoms with Gasteiger partial charge in [-0.25, -0.2) is 5.43 Å². The number of ether oxygens (including phenoxy) is 1. The minimum absolute atomic E-state index is 0.00386. The molecule has 2 aromatic rings. The van der Waals surface area contributed by atoms with Crippen molar-refractivity contribution >= 4 is 11.6 Å². The summed E-state index contributed by atoms with van der Waals surface area (Å²) in [6.07, 6.45) is 0. The Labute approximate surface area is 129 Å². The van der Waals surface area contributed by atoms with E-state index in [-0.39, 0.29) is 11.7 Å². The number of nitrogens with zero attached hydrogens (tertiary/aromatic N) is 1. The number of aryl methyl sites for hydroxylation is 1. The number of rotatable bonds is 4. The molecule has 5 nitrogen and oxygen atoms in total. The molecule has 0 saturated carbocycles. The summed E-state index contributed by atoms with van der Waals surface area (Å²) in [5.41, 5.74) is 5.07. The fourth-order valence-corrected chi connectivity index (χ4v) is 1.94. The third kappa shape index (κ3) is 3.44. The Kier molecular flexibility index (Phi) is 4.78. The summed E-state index contributed by atoms with van der Waals surface area (Å²) in [6.45, 7) is 3.65. The van der Waals surface area contributed by atoms with Gasteiger partial charge in [-0.2, -0.15) is 5.10 Å². The molecule has 2 rings (SSSR count). The van der Waals surface area contributed by atoms with Gasteiger partial charge < -0.3 is 9.84 Å². The van der Waals surface area contributed by atoms with E-state index in [1.165, 1.54) is 7.11 Å². The SMILES string of the molecule is COc1cccc(C(C)=NNC(=O)c2ccc(C)cc2)c1O. The van der Waals surface area contributed by atoms with Crippen molar-refractivity contribution in [2.45, 2.75) is 13.8 Å². The standard InChI is InChI=1S/C17H18N2O3/c1-11-7-9-13(10-8-11)17(21)19-18-12(2)14-5-4-6-15(22-3)16(14)20/h4-10,20H,1-3H3,(H,19,21). The molecular weight excluding hydrogens is 280 g/mol.